The predicted octanol–water partition coefficient (Wildman–Crippen LogP) is 5.73. The van der Waals surface area contributed by atoms with Crippen molar-refractivity contribution in [3.63, 3.8) is 0 Å². The maximum atomic E-state index is 13.5. The van der Waals surface area contributed by atoms with Gasteiger partial charge in [0.2, 0.25) is 5.91 Å². The van der Waals surface area contributed by atoms with Gasteiger partial charge in [0.25, 0.3) is 11.6 Å². The Labute approximate surface area is 216 Å². The van der Waals surface area contributed by atoms with Crippen LogP contribution in [0.3, 0.4) is 0 Å². The summed E-state index contributed by atoms with van der Waals surface area (Å²) in [4.78, 5) is 40.5. The summed E-state index contributed by atoms with van der Waals surface area (Å²) in [6.45, 7) is 11.1. The van der Waals surface area contributed by atoms with Gasteiger partial charge < -0.3 is 10.6 Å². The van der Waals surface area contributed by atoms with Crippen LogP contribution in [0, 0.1) is 27.4 Å². The van der Waals surface area contributed by atoms with E-state index in [1.165, 1.54) is 23.5 Å². The number of rotatable bonds is 6. The number of non-ortho nitro benzene ring substituents is 1. The third kappa shape index (κ3) is 6.13. The van der Waals surface area contributed by atoms with Gasteiger partial charge in [0, 0.05) is 22.7 Å². The van der Waals surface area contributed by atoms with Crippen molar-refractivity contribution in [3.8, 4) is 0 Å². The molecular formula is C27H36N4O4S. The van der Waals surface area contributed by atoms with Crippen molar-refractivity contribution in [1.29, 1.82) is 0 Å². The zero-order chi connectivity index (χ0) is 26.0. The molecule has 8 nitrogen and oxygen atoms in total. The number of nitrogens with zero attached hydrogens (tertiary/aromatic N) is 2. The number of nitrogens with one attached hydrogen (secondary N) is 2. The number of nitro groups is 1. The van der Waals surface area contributed by atoms with E-state index in [4.69, 9.17) is 0 Å². The fraction of sp³-hybridized carbons (Fsp3) is 0.556. The molecule has 1 aromatic carbocycles. The van der Waals surface area contributed by atoms with Crippen molar-refractivity contribution in [3.05, 3.63) is 50.4 Å². The molecule has 1 aliphatic carbocycles. The molecule has 0 bridgehead atoms. The Morgan fingerprint density at radius 1 is 1.17 bits per heavy atom. The van der Waals surface area contributed by atoms with Gasteiger partial charge in [-0.1, -0.05) is 33.8 Å². The van der Waals surface area contributed by atoms with Gasteiger partial charge in [-0.05, 0) is 74.1 Å². The molecule has 0 unspecified atom stereocenters. The normalized spacial score (nSPS) is 18.9. The smallest absolute Gasteiger partial charge is 0.271 e. The Kier molecular flexibility index (Phi) is 7.80. The van der Waals surface area contributed by atoms with Gasteiger partial charge in [-0.2, -0.15) is 0 Å². The number of hydrogen-bond donors (Lipinski definition) is 2. The van der Waals surface area contributed by atoms with Crippen molar-refractivity contribution in [2.24, 2.45) is 17.3 Å². The maximum absolute atomic E-state index is 13.5. The number of thiophene rings is 1. The number of likely N-dealkylation sites (tertiary alicyclic amines) is 1. The van der Waals surface area contributed by atoms with Crippen molar-refractivity contribution in [2.75, 3.05) is 30.3 Å². The van der Waals surface area contributed by atoms with Gasteiger partial charge in [0.1, 0.15) is 5.00 Å². The van der Waals surface area contributed by atoms with Crippen molar-refractivity contribution in [2.45, 2.75) is 59.8 Å². The largest absolute Gasteiger partial charge is 0.322 e. The molecule has 4 rings (SSSR count). The van der Waals surface area contributed by atoms with Crippen LogP contribution in [0.5, 0.6) is 0 Å². The molecule has 2 amide bonds. The van der Waals surface area contributed by atoms with Crippen LogP contribution in [-0.4, -0.2) is 41.3 Å². The van der Waals surface area contributed by atoms with E-state index in [-0.39, 0.29) is 22.9 Å². The van der Waals surface area contributed by atoms with Gasteiger partial charge in [-0.3, -0.25) is 24.6 Å². The van der Waals surface area contributed by atoms with Crippen molar-refractivity contribution in [1.82, 2.24) is 4.90 Å². The number of piperidine rings is 1. The molecule has 1 aliphatic heterocycles. The summed E-state index contributed by atoms with van der Waals surface area (Å²) in [5.74, 6) is 0.729. The highest BCUT2D eigenvalue weighted by Gasteiger charge is 2.34. The molecule has 1 aromatic heterocycles. The topological polar surface area (TPSA) is 105 Å². The van der Waals surface area contributed by atoms with E-state index in [2.05, 4.69) is 43.2 Å². The third-order valence-corrected chi connectivity index (χ3v) is 8.70. The Balaban J connectivity index is 1.58. The van der Waals surface area contributed by atoms with Crippen LogP contribution in [0.4, 0.5) is 16.4 Å². The fourth-order valence-electron chi connectivity index (χ4n) is 5.13. The van der Waals surface area contributed by atoms with E-state index < -0.39 is 4.92 Å². The van der Waals surface area contributed by atoms with Gasteiger partial charge in [0.05, 0.1) is 17.0 Å². The number of amides is 2. The number of carbonyl (C=O) groups excluding carboxylic acids is 2. The number of carbonyl (C=O) groups is 2. The van der Waals surface area contributed by atoms with E-state index in [0.29, 0.717) is 34.6 Å². The summed E-state index contributed by atoms with van der Waals surface area (Å²) in [5, 5.41) is 17.6. The van der Waals surface area contributed by atoms with Crippen LogP contribution >= 0.6 is 11.3 Å². The molecule has 194 valence electrons. The van der Waals surface area contributed by atoms with Crippen LogP contribution < -0.4 is 10.6 Å². The number of benzene rings is 1. The lowest BCUT2D eigenvalue weighted by molar-refractivity contribution is -0.384. The lowest BCUT2D eigenvalue weighted by Crippen LogP contribution is -2.38. The summed E-state index contributed by atoms with van der Waals surface area (Å²) in [5.41, 5.74) is 1.91. The highest BCUT2D eigenvalue weighted by Crippen LogP contribution is 2.44. The van der Waals surface area contributed by atoms with E-state index in [1.807, 2.05) is 0 Å². The van der Waals surface area contributed by atoms with Gasteiger partial charge in [-0.25, -0.2) is 0 Å². The molecule has 1 saturated heterocycles. The average Bonchev–Trinajstić information content (AvgIpc) is 3.17. The van der Waals surface area contributed by atoms with Gasteiger partial charge in [0.15, 0.2) is 0 Å². The van der Waals surface area contributed by atoms with Crippen LogP contribution in [0.2, 0.25) is 0 Å². The Bertz CT molecular complexity index is 1150. The summed E-state index contributed by atoms with van der Waals surface area (Å²) in [6.07, 6.45) is 4.80. The summed E-state index contributed by atoms with van der Waals surface area (Å²) in [7, 11) is 0. The standard InChI is InChI=1S/C27H36N4O4S/c1-17-10-12-30(13-11-17)16-23(32)29-26-24(21-9-8-18(27(2,3)4)14-22(21)36-26)25(33)28-19-6-5-7-20(15-19)31(34)35/h5-7,15,17-18H,8-14,16H2,1-4H3,(H,28,33)(H,29,32)/t18-/m0/s1. The monoisotopic (exact) mass is 512 g/mol. The molecule has 2 aromatic rings. The van der Waals surface area contributed by atoms with Crippen LogP contribution in [0.25, 0.3) is 0 Å². The first-order valence-corrected chi connectivity index (χ1v) is 13.6. The molecular weight excluding hydrogens is 476 g/mol. The maximum Gasteiger partial charge on any atom is 0.271 e. The number of anilines is 2. The van der Waals surface area contributed by atoms with Crippen LogP contribution in [-0.2, 0) is 17.6 Å². The molecule has 2 heterocycles. The second-order valence-corrected chi connectivity index (χ2v) is 12.4. The Morgan fingerprint density at radius 2 is 1.89 bits per heavy atom. The second kappa shape index (κ2) is 10.7. The zero-order valence-electron chi connectivity index (χ0n) is 21.6. The van der Waals surface area contributed by atoms with Crippen molar-refractivity contribution >= 4 is 39.5 Å². The molecule has 0 radical (unpaired) electrons. The highest BCUT2D eigenvalue weighted by atomic mass is 32.1. The highest BCUT2D eigenvalue weighted by molar-refractivity contribution is 7.17. The SMILES string of the molecule is CC1CCN(CC(=O)Nc2sc3c(c2C(=O)Nc2cccc([N+](=O)[O-])c2)CC[C@H](C(C)(C)C)C3)CC1. The zero-order valence-corrected chi connectivity index (χ0v) is 22.4. The third-order valence-electron chi connectivity index (χ3n) is 7.53. The minimum atomic E-state index is -0.484. The number of nitro benzene ring substituents is 1. The molecule has 9 heteroatoms. The first-order valence-electron chi connectivity index (χ1n) is 12.7. The summed E-state index contributed by atoms with van der Waals surface area (Å²) >= 11 is 1.50. The molecule has 0 saturated carbocycles. The Hall–Kier alpha value is -2.78. The average molecular weight is 513 g/mol. The molecule has 2 N–H and O–H groups in total. The van der Waals surface area contributed by atoms with Gasteiger partial charge in [-0.15, -0.1) is 11.3 Å². The number of hydrogen-bond acceptors (Lipinski definition) is 6. The predicted molar refractivity (Wildman–Crippen MR) is 144 cm³/mol. The summed E-state index contributed by atoms with van der Waals surface area (Å²) in [6, 6.07) is 5.92. The second-order valence-electron chi connectivity index (χ2n) is 11.3. The quantitative estimate of drug-likeness (QED) is 0.380. The van der Waals surface area contributed by atoms with Gasteiger partial charge >= 0.3 is 0 Å². The molecule has 1 fully saturated rings. The number of fused-ring (bicyclic) bond motifs is 1. The lowest BCUT2D eigenvalue weighted by atomic mass is 9.72. The minimum Gasteiger partial charge on any atom is -0.322 e. The minimum absolute atomic E-state index is 0.0856. The van der Waals surface area contributed by atoms with E-state index >= 15 is 0 Å². The first kappa shape index (κ1) is 26.3. The molecule has 0 spiro atoms. The van der Waals surface area contributed by atoms with Crippen LogP contribution in [0.15, 0.2) is 24.3 Å². The van der Waals surface area contributed by atoms with Crippen molar-refractivity contribution < 1.29 is 14.5 Å². The van der Waals surface area contributed by atoms with Crippen LogP contribution in [0.1, 0.15) is 67.8 Å². The van der Waals surface area contributed by atoms with E-state index in [1.54, 1.807) is 12.1 Å². The molecule has 36 heavy (non-hydrogen) atoms. The molecule has 1 atom stereocenters. The molecule has 2 aliphatic rings. The summed E-state index contributed by atoms with van der Waals surface area (Å²) < 4.78 is 0. The Morgan fingerprint density at radius 3 is 2.56 bits per heavy atom. The first-order chi connectivity index (χ1) is 17.0. The van der Waals surface area contributed by atoms with E-state index in [9.17, 15) is 19.7 Å². The van der Waals surface area contributed by atoms with E-state index in [0.717, 1.165) is 55.6 Å². The lowest BCUT2D eigenvalue weighted by Gasteiger charge is -2.33. The fourth-order valence-corrected chi connectivity index (χ4v) is 6.47.